The van der Waals surface area contributed by atoms with E-state index in [2.05, 4.69) is 50.1 Å². The molecule has 166 valence electrons. The van der Waals surface area contributed by atoms with Gasteiger partial charge in [0.15, 0.2) is 11.0 Å². The van der Waals surface area contributed by atoms with E-state index in [1.165, 1.54) is 5.56 Å². The number of aromatic nitrogens is 4. The molecule has 2 aromatic heterocycles. The number of rotatable bonds is 7. The molecule has 1 aliphatic heterocycles. The second kappa shape index (κ2) is 9.45. The highest BCUT2D eigenvalue weighted by Crippen LogP contribution is 2.41. The lowest BCUT2D eigenvalue weighted by Crippen LogP contribution is -2.42. The number of hydrogen-bond donors (Lipinski definition) is 0. The van der Waals surface area contributed by atoms with Gasteiger partial charge in [0.1, 0.15) is 0 Å². The first kappa shape index (κ1) is 21.2. The molecule has 1 atom stereocenters. The molecule has 32 heavy (non-hydrogen) atoms. The third-order valence-corrected chi connectivity index (χ3v) is 7.48. The van der Waals surface area contributed by atoms with Crippen molar-refractivity contribution in [3.63, 3.8) is 0 Å². The molecule has 1 saturated heterocycles. The van der Waals surface area contributed by atoms with Gasteiger partial charge < -0.3 is 4.90 Å². The predicted octanol–water partition coefficient (Wildman–Crippen LogP) is 4.64. The highest BCUT2D eigenvalue weighted by atomic mass is 32.2. The van der Waals surface area contributed by atoms with Crippen LogP contribution < -0.4 is 0 Å². The van der Waals surface area contributed by atoms with E-state index in [0.717, 1.165) is 61.7 Å². The van der Waals surface area contributed by atoms with Crippen molar-refractivity contribution in [2.75, 3.05) is 13.1 Å². The molecule has 0 N–H and O–H groups in total. The Morgan fingerprint density at radius 3 is 2.44 bits per heavy atom. The predicted molar refractivity (Wildman–Crippen MR) is 126 cm³/mol. The second-order valence-electron chi connectivity index (χ2n) is 8.86. The first-order valence-corrected chi connectivity index (χ1v) is 12.4. The SMILES string of the molecule is C[C@H](Sc1nnc(-c2ccncc2)n1C1CC1)C(=O)N1CCC(Cc2ccccc2)CC1. The molecule has 1 saturated carbocycles. The van der Waals surface area contributed by atoms with Gasteiger partial charge in [0.05, 0.1) is 5.25 Å². The third-order valence-electron chi connectivity index (χ3n) is 6.44. The van der Waals surface area contributed by atoms with Gasteiger partial charge >= 0.3 is 0 Å². The summed E-state index contributed by atoms with van der Waals surface area (Å²) in [7, 11) is 0. The van der Waals surface area contributed by atoms with E-state index < -0.39 is 0 Å². The Bertz CT molecular complexity index is 1040. The smallest absolute Gasteiger partial charge is 0.235 e. The average Bonchev–Trinajstić information content (AvgIpc) is 3.60. The highest BCUT2D eigenvalue weighted by molar-refractivity contribution is 8.00. The van der Waals surface area contributed by atoms with Gasteiger partial charge in [0, 0.05) is 37.1 Å². The molecule has 6 nitrogen and oxygen atoms in total. The van der Waals surface area contributed by atoms with Gasteiger partial charge in [0.25, 0.3) is 0 Å². The minimum atomic E-state index is -0.173. The number of piperidine rings is 1. The average molecular weight is 448 g/mol. The van der Waals surface area contributed by atoms with Crippen LogP contribution in [0.3, 0.4) is 0 Å². The Hall–Kier alpha value is -2.67. The fraction of sp³-hybridized carbons (Fsp3) is 0.440. The Balaban J connectivity index is 1.21. The number of pyridine rings is 1. The zero-order valence-electron chi connectivity index (χ0n) is 18.4. The van der Waals surface area contributed by atoms with Crippen molar-refractivity contribution in [2.45, 2.75) is 55.5 Å². The highest BCUT2D eigenvalue weighted by Gasteiger charge is 2.33. The summed E-state index contributed by atoms with van der Waals surface area (Å²) < 4.78 is 2.22. The number of benzene rings is 1. The van der Waals surface area contributed by atoms with Crippen LogP contribution in [0, 0.1) is 5.92 Å². The molecular formula is C25H29N5OS. The molecule has 0 radical (unpaired) electrons. The molecule has 1 amide bonds. The monoisotopic (exact) mass is 447 g/mol. The fourth-order valence-corrected chi connectivity index (χ4v) is 5.49. The molecule has 2 fully saturated rings. The molecular weight excluding hydrogens is 418 g/mol. The Morgan fingerprint density at radius 1 is 1.03 bits per heavy atom. The number of nitrogens with zero attached hydrogens (tertiary/aromatic N) is 5. The fourth-order valence-electron chi connectivity index (χ4n) is 4.49. The van der Waals surface area contributed by atoms with Crippen LogP contribution in [0.2, 0.25) is 0 Å². The molecule has 3 heterocycles. The first-order chi connectivity index (χ1) is 15.7. The summed E-state index contributed by atoms with van der Waals surface area (Å²) in [6, 6.07) is 15.0. The maximum absolute atomic E-state index is 13.2. The van der Waals surface area contributed by atoms with Gasteiger partial charge in [-0.1, -0.05) is 42.1 Å². The molecule has 1 aliphatic carbocycles. The zero-order valence-corrected chi connectivity index (χ0v) is 19.2. The van der Waals surface area contributed by atoms with Gasteiger partial charge in [-0.25, -0.2) is 0 Å². The summed E-state index contributed by atoms with van der Waals surface area (Å²) in [5.74, 6) is 1.74. The normalized spacial score (nSPS) is 18.0. The van der Waals surface area contributed by atoms with E-state index in [9.17, 15) is 4.79 Å². The zero-order chi connectivity index (χ0) is 21.9. The third kappa shape index (κ3) is 4.72. The van der Waals surface area contributed by atoms with E-state index in [1.807, 2.05) is 24.0 Å². The van der Waals surface area contributed by atoms with E-state index in [-0.39, 0.29) is 11.2 Å². The lowest BCUT2D eigenvalue weighted by molar-refractivity contribution is -0.131. The second-order valence-corrected chi connectivity index (χ2v) is 10.2. The number of carbonyl (C=O) groups excluding carboxylic acids is 1. The Kier molecular flexibility index (Phi) is 6.26. The quantitative estimate of drug-likeness (QED) is 0.494. The van der Waals surface area contributed by atoms with Crippen LogP contribution in [0.25, 0.3) is 11.4 Å². The van der Waals surface area contributed by atoms with Gasteiger partial charge in [-0.3, -0.25) is 14.3 Å². The van der Waals surface area contributed by atoms with Crippen molar-refractivity contribution in [1.29, 1.82) is 0 Å². The van der Waals surface area contributed by atoms with Gasteiger partial charge in [-0.15, -0.1) is 10.2 Å². The van der Waals surface area contributed by atoms with Crippen molar-refractivity contribution >= 4 is 17.7 Å². The van der Waals surface area contributed by atoms with Crippen molar-refractivity contribution in [3.8, 4) is 11.4 Å². The number of likely N-dealkylation sites (tertiary alicyclic amines) is 1. The molecule has 0 spiro atoms. The van der Waals surface area contributed by atoms with Crippen LogP contribution in [0.1, 0.15) is 44.2 Å². The van der Waals surface area contributed by atoms with Crippen molar-refractivity contribution in [2.24, 2.45) is 5.92 Å². The molecule has 2 aliphatic rings. The molecule has 7 heteroatoms. The maximum atomic E-state index is 13.2. The Labute approximate surface area is 193 Å². The number of amides is 1. The molecule has 0 unspecified atom stereocenters. The Morgan fingerprint density at radius 2 is 1.75 bits per heavy atom. The standard InChI is InChI=1S/C25H29N5OS/c1-18(24(31)29-15-11-20(12-16-29)17-19-5-3-2-4-6-19)32-25-28-27-23(30(25)22-7-8-22)21-9-13-26-14-10-21/h2-6,9-10,13-14,18,20,22H,7-8,11-12,15-17H2,1H3/t18-/m0/s1. The van der Waals surface area contributed by atoms with E-state index >= 15 is 0 Å². The van der Waals surface area contributed by atoms with E-state index in [1.54, 1.807) is 24.2 Å². The molecule has 5 rings (SSSR count). The molecule has 1 aromatic carbocycles. The van der Waals surface area contributed by atoms with Crippen LogP contribution in [-0.2, 0) is 11.2 Å². The van der Waals surface area contributed by atoms with Crippen molar-refractivity contribution in [3.05, 3.63) is 60.4 Å². The van der Waals surface area contributed by atoms with Gasteiger partial charge in [-0.2, -0.15) is 0 Å². The summed E-state index contributed by atoms with van der Waals surface area (Å²) >= 11 is 1.54. The summed E-state index contributed by atoms with van der Waals surface area (Å²) in [5, 5.41) is 9.60. The van der Waals surface area contributed by atoms with Crippen LogP contribution in [0.15, 0.2) is 60.0 Å². The van der Waals surface area contributed by atoms with Gasteiger partial charge in [0.2, 0.25) is 5.91 Å². The summed E-state index contributed by atoms with van der Waals surface area (Å²) in [6.07, 6.45) is 9.09. The molecule has 0 bridgehead atoms. The minimum Gasteiger partial charge on any atom is -0.342 e. The lowest BCUT2D eigenvalue weighted by Gasteiger charge is -2.33. The van der Waals surface area contributed by atoms with Crippen LogP contribution >= 0.6 is 11.8 Å². The number of carbonyl (C=O) groups is 1. The number of hydrogen-bond acceptors (Lipinski definition) is 5. The van der Waals surface area contributed by atoms with Crippen molar-refractivity contribution in [1.82, 2.24) is 24.6 Å². The summed E-state index contributed by atoms with van der Waals surface area (Å²) in [4.78, 5) is 19.3. The number of thioether (sulfide) groups is 1. The largest absolute Gasteiger partial charge is 0.342 e. The maximum Gasteiger partial charge on any atom is 0.235 e. The molecule has 3 aromatic rings. The first-order valence-electron chi connectivity index (χ1n) is 11.5. The lowest BCUT2D eigenvalue weighted by atomic mass is 9.90. The van der Waals surface area contributed by atoms with E-state index in [4.69, 9.17) is 0 Å². The summed E-state index contributed by atoms with van der Waals surface area (Å²) in [5.41, 5.74) is 2.41. The summed E-state index contributed by atoms with van der Waals surface area (Å²) in [6.45, 7) is 3.69. The van der Waals surface area contributed by atoms with Crippen LogP contribution in [0.5, 0.6) is 0 Å². The van der Waals surface area contributed by atoms with E-state index in [0.29, 0.717) is 12.0 Å². The minimum absolute atomic E-state index is 0.173. The topological polar surface area (TPSA) is 63.9 Å². The van der Waals surface area contributed by atoms with Crippen molar-refractivity contribution < 1.29 is 4.79 Å². The van der Waals surface area contributed by atoms with Crippen LogP contribution in [-0.4, -0.2) is 48.9 Å². The van der Waals surface area contributed by atoms with Gasteiger partial charge in [-0.05, 0) is 62.6 Å². The van der Waals surface area contributed by atoms with Crippen LogP contribution in [0.4, 0.5) is 0 Å².